The lowest BCUT2D eigenvalue weighted by Crippen LogP contribution is -2.34. The fourth-order valence-electron chi connectivity index (χ4n) is 4.82. The molecule has 3 aliphatic rings. The first-order valence-electron chi connectivity index (χ1n) is 12.1. The van der Waals surface area contributed by atoms with E-state index >= 15 is 0 Å². The van der Waals surface area contributed by atoms with E-state index in [0.29, 0.717) is 48.7 Å². The molecule has 1 aromatic carbocycles. The molecule has 2 amide bonds. The third kappa shape index (κ3) is 5.74. The maximum atomic E-state index is 12.7. The van der Waals surface area contributed by atoms with E-state index in [2.05, 4.69) is 20.8 Å². The largest absolute Gasteiger partial charge is 0.493 e. The van der Waals surface area contributed by atoms with Crippen molar-refractivity contribution in [2.75, 3.05) is 51.8 Å². The lowest BCUT2D eigenvalue weighted by atomic mass is 9.98. The second-order valence-electron chi connectivity index (χ2n) is 9.21. The first-order valence-corrected chi connectivity index (χ1v) is 12.9. The van der Waals surface area contributed by atoms with Crippen molar-refractivity contribution in [3.63, 3.8) is 0 Å². The first kappa shape index (κ1) is 24.0. The molecule has 1 aromatic heterocycles. The van der Waals surface area contributed by atoms with E-state index in [1.807, 2.05) is 18.2 Å². The average Bonchev–Trinajstić information content (AvgIpc) is 3.62. The predicted octanol–water partition coefficient (Wildman–Crippen LogP) is 2.14. The number of likely N-dealkylation sites (tertiary alicyclic amines) is 1. The molecular weight excluding hydrogens is 470 g/mol. The van der Waals surface area contributed by atoms with Crippen molar-refractivity contribution >= 4 is 28.3 Å². The van der Waals surface area contributed by atoms with Gasteiger partial charge in [0, 0.05) is 31.2 Å². The van der Waals surface area contributed by atoms with Gasteiger partial charge in [-0.1, -0.05) is 17.4 Å². The molecule has 188 valence electrons. The highest BCUT2D eigenvalue weighted by molar-refractivity contribution is 7.15. The van der Waals surface area contributed by atoms with Crippen LogP contribution in [0.4, 0.5) is 5.13 Å². The van der Waals surface area contributed by atoms with Crippen LogP contribution >= 0.6 is 11.3 Å². The number of benzene rings is 1. The maximum absolute atomic E-state index is 12.7. The minimum Gasteiger partial charge on any atom is -0.493 e. The fraction of sp³-hybridized carbons (Fsp3) is 0.583. The van der Waals surface area contributed by atoms with Crippen molar-refractivity contribution in [2.24, 2.45) is 0 Å². The van der Waals surface area contributed by atoms with Crippen molar-refractivity contribution in [2.45, 2.75) is 43.6 Å². The summed E-state index contributed by atoms with van der Waals surface area (Å²) in [7, 11) is 1.61. The number of nitrogens with one attached hydrogen (secondary N) is 2. The summed E-state index contributed by atoms with van der Waals surface area (Å²) in [5, 5.41) is 16.0. The average molecular weight is 502 g/mol. The van der Waals surface area contributed by atoms with Gasteiger partial charge in [-0.25, -0.2) is 0 Å². The number of piperidine rings is 1. The summed E-state index contributed by atoms with van der Waals surface area (Å²) >= 11 is 1.42. The van der Waals surface area contributed by atoms with Gasteiger partial charge in [-0.05, 0) is 43.6 Å². The topological polar surface area (TPSA) is 115 Å². The molecule has 0 bridgehead atoms. The normalized spacial score (nSPS) is 23.0. The Balaban J connectivity index is 1.18. The zero-order chi connectivity index (χ0) is 24.2. The van der Waals surface area contributed by atoms with Gasteiger partial charge in [-0.15, -0.1) is 10.2 Å². The molecule has 0 aliphatic carbocycles. The number of carbonyl (C=O) groups is 2. The standard InChI is InChI=1S/C24H31N5O5S/c1-32-19-3-2-16(10-20(19)34-18-6-9-33-14-18)17-11-22(31)29(12-17)13-21(30)26-24-28-27-23(35-24)15-4-7-25-8-5-15/h2-3,10,15,17-18,25H,4-9,11-14H2,1H3,(H,26,28,30)/t17-,18-/m1/s1. The first-order chi connectivity index (χ1) is 17.1. The molecule has 3 aliphatic heterocycles. The molecular formula is C24H31N5O5S. The summed E-state index contributed by atoms with van der Waals surface area (Å²) in [6, 6.07) is 5.78. The molecule has 3 saturated heterocycles. The summed E-state index contributed by atoms with van der Waals surface area (Å²) < 4.78 is 17.0. The van der Waals surface area contributed by atoms with Gasteiger partial charge in [0.25, 0.3) is 0 Å². The zero-order valence-corrected chi connectivity index (χ0v) is 20.6. The summed E-state index contributed by atoms with van der Waals surface area (Å²) in [5.74, 6) is 1.38. The van der Waals surface area contributed by atoms with Crippen LogP contribution in [-0.2, 0) is 14.3 Å². The Morgan fingerprint density at radius 2 is 2.09 bits per heavy atom. The van der Waals surface area contributed by atoms with Crippen molar-refractivity contribution in [3.8, 4) is 11.5 Å². The van der Waals surface area contributed by atoms with Gasteiger partial charge in [0.1, 0.15) is 11.1 Å². The van der Waals surface area contributed by atoms with Crippen LogP contribution < -0.4 is 20.1 Å². The Labute approximate surface area is 208 Å². The Hall–Kier alpha value is -2.76. The van der Waals surface area contributed by atoms with Gasteiger partial charge < -0.3 is 24.4 Å². The number of amides is 2. The van der Waals surface area contributed by atoms with E-state index in [4.69, 9.17) is 14.2 Å². The molecule has 0 spiro atoms. The smallest absolute Gasteiger partial charge is 0.245 e. The molecule has 2 atom stereocenters. The van der Waals surface area contributed by atoms with Crippen LogP contribution in [0, 0.1) is 0 Å². The SMILES string of the molecule is COc1ccc([C@@H]2CC(=O)N(CC(=O)Nc3nnc(C4CCNCC4)s3)C2)cc1O[C@@H]1CCOC1. The minimum atomic E-state index is -0.257. The highest BCUT2D eigenvalue weighted by atomic mass is 32.1. The van der Waals surface area contributed by atoms with Gasteiger partial charge in [-0.2, -0.15) is 0 Å². The van der Waals surface area contributed by atoms with Crippen molar-refractivity contribution in [1.29, 1.82) is 0 Å². The second-order valence-corrected chi connectivity index (χ2v) is 10.2. The van der Waals surface area contributed by atoms with Crippen molar-refractivity contribution in [3.05, 3.63) is 28.8 Å². The van der Waals surface area contributed by atoms with Crippen LogP contribution in [0.1, 0.15) is 48.1 Å². The molecule has 4 heterocycles. The third-order valence-electron chi connectivity index (χ3n) is 6.76. The Morgan fingerprint density at radius 1 is 1.23 bits per heavy atom. The molecule has 0 saturated carbocycles. The Kier molecular flexibility index (Phi) is 7.45. The van der Waals surface area contributed by atoms with Gasteiger partial charge in [0.2, 0.25) is 16.9 Å². The predicted molar refractivity (Wildman–Crippen MR) is 130 cm³/mol. The third-order valence-corrected chi connectivity index (χ3v) is 7.77. The van der Waals surface area contributed by atoms with Crippen LogP contribution in [0.3, 0.4) is 0 Å². The highest BCUT2D eigenvalue weighted by Gasteiger charge is 2.33. The number of hydrogen-bond donors (Lipinski definition) is 2. The monoisotopic (exact) mass is 501 g/mol. The summed E-state index contributed by atoms with van der Waals surface area (Å²) in [6.45, 7) is 3.67. The van der Waals surface area contributed by atoms with Gasteiger partial charge >= 0.3 is 0 Å². The van der Waals surface area contributed by atoms with Crippen LogP contribution in [0.5, 0.6) is 11.5 Å². The van der Waals surface area contributed by atoms with Crippen molar-refractivity contribution < 1.29 is 23.8 Å². The number of methoxy groups -OCH3 is 1. The molecule has 0 radical (unpaired) electrons. The molecule has 10 nitrogen and oxygen atoms in total. The highest BCUT2D eigenvalue weighted by Crippen LogP contribution is 2.36. The molecule has 35 heavy (non-hydrogen) atoms. The number of carbonyl (C=O) groups excluding carboxylic acids is 2. The van der Waals surface area contributed by atoms with E-state index in [1.165, 1.54) is 11.3 Å². The van der Waals surface area contributed by atoms with E-state index in [1.54, 1.807) is 12.0 Å². The molecule has 5 rings (SSSR count). The quantitative estimate of drug-likeness (QED) is 0.566. The summed E-state index contributed by atoms with van der Waals surface area (Å²) in [4.78, 5) is 26.9. The number of nitrogens with zero attached hydrogens (tertiary/aromatic N) is 3. The molecule has 11 heteroatoms. The molecule has 2 N–H and O–H groups in total. The van der Waals surface area contributed by atoms with E-state index in [-0.39, 0.29) is 30.4 Å². The number of rotatable bonds is 8. The summed E-state index contributed by atoms with van der Waals surface area (Å²) in [6.07, 6.45) is 3.24. The lowest BCUT2D eigenvalue weighted by molar-refractivity contribution is -0.131. The zero-order valence-electron chi connectivity index (χ0n) is 19.8. The van der Waals surface area contributed by atoms with E-state index in [9.17, 15) is 9.59 Å². The van der Waals surface area contributed by atoms with Crippen LogP contribution in [0.2, 0.25) is 0 Å². The Morgan fingerprint density at radius 3 is 2.86 bits per heavy atom. The number of anilines is 1. The number of aromatic nitrogens is 2. The molecule has 2 aromatic rings. The Bertz CT molecular complexity index is 1050. The second kappa shape index (κ2) is 10.9. The lowest BCUT2D eigenvalue weighted by Gasteiger charge is -2.19. The molecule has 0 unspecified atom stereocenters. The maximum Gasteiger partial charge on any atom is 0.245 e. The van der Waals surface area contributed by atoms with E-state index < -0.39 is 0 Å². The van der Waals surface area contributed by atoms with E-state index in [0.717, 1.165) is 42.9 Å². The van der Waals surface area contributed by atoms with Crippen LogP contribution in [-0.4, -0.2) is 79.5 Å². The minimum absolute atomic E-state index is 0.000186. The van der Waals surface area contributed by atoms with Crippen molar-refractivity contribution in [1.82, 2.24) is 20.4 Å². The summed E-state index contributed by atoms with van der Waals surface area (Å²) in [5.41, 5.74) is 0.992. The number of ether oxygens (including phenoxy) is 3. The van der Waals surface area contributed by atoms with Crippen LogP contribution in [0.15, 0.2) is 18.2 Å². The van der Waals surface area contributed by atoms with Gasteiger partial charge in [0.15, 0.2) is 11.5 Å². The fourth-order valence-corrected chi connectivity index (χ4v) is 5.75. The number of hydrogen-bond acceptors (Lipinski definition) is 9. The van der Waals surface area contributed by atoms with Gasteiger partial charge in [-0.3, -0.25) is 14.9 Å². The molecule has 3 fully saturated rings. The van der Waals surface area contributed by atoms with Gasteiger partial charge in [0.05, 0.1) is 26.9 Å². The van der Waals surface area contributed by atoms with Crippen LogP contribution in [0.25, 0.3) is 0 Å².